The van der Waals surface area contributed by atoms with Gasteiger partial charge in [0.2, 0.25) is 6.79 Å². The monoisotopic (exact) mass is 346 g/mol. The number of carbonyl (C=O) groups excluding carboxylic acids is 1. The molecule has 0 saturated carbocycles. The lowest BCUT2D eigenvalue weighted by atomic mass is 10.2. The Bertz CT molecular complexity index is 742. The molecule has 8 heteroatoms. The third-order valence-corrected chi connectivity index (χ3v) is 3.34. The molecule has 1 amide bonds. The number of ether oxygens (including phenoxy) is 4. The molecule has 0 bridgehead atoms. The number of amidine groups is 1. The van der Waals surface area contributed by atoms with Crippen molar-refractivity contribution in [2.24, 2.45) is 4.99 Å². The fourth-order valence-electron chi connectivity index (χ4n) is 2.10. The van der Waals surface area contributed by atoms with E-state index >= 15 is 0 Å². The lowest BCUT2D eigenvalue weighted by Crippen LogP contribution is -2.33. The minimum absolute atomic E-state index is 0.0936. The van der Waals surface area contributed by atoms with E-state index in [4.69, 9.17) is 23.4 Å². The molecule has 0 saturated heterocycles. The summed E-state index contributed by atoms with van der Waals surface area (Å²) in [4.78, 5) is 16.7. The second-order valence-corrected chi connectivity index (χ2v) is 5.06. The second kappa shape index (κ2) is 8.20. The van der Waals surface area contributed by atoms with Gasteiger partial charge < -0.3 is 23.4 Å². The van der Waals surface area contributed by atoms with E-state index in [1.54, 1.807) is 43.7 Å². The van der Waals surface area contributed by atoms with Crippen LogP contribution >= 0.6 is 0 Å². The van der Waals surface area contributed by atoms with Crippen molar-refractivity contribution in [3.8, 4) is 11.5 Å². The quantitative estimate of drug-likeness (QED) is 0.488. The highest BCUT2D eigenvalue weighted by Crippen LogP contribution is 2.32. The number of rotatable bonds is 6. The van der Waals surface area contributed by atoms with E-state index in [9.17, 15) is 4.79 Å². The third kappa shape index (κ3) is 4.51. The van der Waals surface area contributed by atoms with Gasteiger partial charge in [-0.05, 0) is 30.3 Å². The number of nitrogens with one attached hydrogen (secondary N) is 1. The molecule has 1 aromatic heterocycles. The number of nitrogens with zero attached hydrogens (tertiary/aromatic N) is 1. The normalized spacial score (nSPS) is 12.9. The van der Waals surface area contributed by atoms with Crippen molar-refractivity contribution in [2.45, 2.75) is 6.54 Å². The van der Waals surface area contributed by atoms with Crippen LogP contribution in [0.5, 0.6) is 11.5 Å². The maximum absolute atomic E-state index is 12.4. The first kappa shape index (κ1) is 16.8. The van der Waals surface area contributed by atoms with Gasteiger partial charge in [0.25, 0.3) is 11.9 Å². The number of methoxy groups -OCH3 is 1. The molecule has 132 valence electrons. The molecule has 8 nitrogen and oxygen atoms in total. The number of fused-ring (bicyclic) bond motifs is 1. The number of amides is 1. The van der Waals surface area contributed by atoms with Gasteiger partial charge in [-0.15, -0.1) is 0 Å². The highest BCUT2D eigenvalue weighted by molar-refractivity contribution is 6.04. The molecule has 0 unspecified atom stereocenters. The van der Waals surface area contributed by atoms with E-state index < -0.39 is 0 Å². The summed E-state index contributed by atoms with van der Waals surface area (Å²) < 4.78 is 26.1. The van der Waals surface area contributed by atoms with Gasteiger partial charge in [-0.1, -0.05) is 0 Å². The van der Waals surface area contributed by atoms with Crippen molar-refractivity contribution >= 4 is 11.9 Å². The molecule has 1 aliphatic heterocycles. The van der Waals surface area contributed by atoms with Crippen molar-refractivity contribution in [3.05, 3.63) is 47.9 Å². The highest BCUT2D eigenvalue weighted by atomic mass is 16.7. The smallest absolute Gasteiger partial charge is 0.292 e. The zero-order chi connectivity index (χ0) is 17.5. The third-order valence-electron chi connectivity index (χ3n) is 3.34. The first-order valence-electron chi connectivity index (χ1n) is 7.66. The lowest BCUT2D eigenvalue weighted by molar-refractivity contribution is 0.0953. The van der Waals surface area contributed by atoms with Crippen LogP contribution in [0.2, 0.25) is 0 Å². The molecule has 2 aromatic rings. The van der Waals surface area contributed by atoms with Crippen LogP contribution in [-0.4, -0.2) is 39.0 Å². The van der Waals surface area contributed by atoms with Crippen molar-refractivity contribution in [3.63, 3.8) is 0 Å². The number of aliphatic imine (C=N–C) groups is 1. The van der Waals surface area contributed by atoms with Crippen LogP contribution in [0.3, 0.4) is 0 Å². The Morgan fingerprint density at radius 3 is 2.92 bits per heavy atom. The summed E-state index contributed by atoms with van der Waals surface area (Å²) in [5, 5.41) is 2.64. The van der Waals surface area contributed by atoms with Crippen LogP contribution in [0.1, 0.15) is 16.1 Å². The molecule has 1 N–H and O–H groups in total. The second-order valence-electron chi connectivity index (χ2n) is 5.06. The highest BCUT2D eigenvalue weighted by Gasteiger charge is 2.17. The topological polar surface area (TPSA) is 91.5 Å². The van der Waals surface area contributed by atoms with Gasteiger partial charge in [-0.2, -0.15) is 0 Å². The summed E-state index contributed by atoms with van der Waals surface area (Å²) in [5.74, 6) is 1.43. The number of furan rings is 1. The molecule has 0 fully saturated rings. The van der Waals surface area contributed by atoms with Gasteiger partial charge in [0.1, 0.15) is 18.9 Å². The zero-order valence-corrected chi connectivity index (χ0v) is 13.7. The molecule has 25 heavy (non-hydrogen) atoms. The molecule has 2 heterocycles. The molecular formula is C17H18N2O6. The maximum Gasteiger partial charge on any atom is 0.292 e. The Morgan fingerprint density at radius 1 is 1.24 bits per heavy atom. The number of hydrogen-bond donors (Lipinski definition) is 1. The summed E-state index contributed by atoms with van der Waals surface area (Å²) in [6.45, 7) is 1.03. The summed E-state index contributed by atoms with van der Waals surface area (Å²) in [5.41, 5.74) is 0.408. The molecule has 3 rings (SSSR count). The van der Waals surface area contributed by atoms with Crippen molar-refractivity contribution < 1.29 is 28.2 Å². The van der Waals surface area contributed by atoms with E-state index in [0.717, 1.165) is 0 Å². The lowest BCUT2D eigenvalue weighted by Gasteiger charge is -2.10. The van der Waals surface area contributed by atoms with Gasteiger partial charge in [0, 0.05) is 12.7 Å². The summed E-state index contributed by atoms with van der Waals surface area (Å²) in [6.07, 6.45) is 1.56. The first-order chi connectivity index (χ1) is 12.3. The van der Waals surface area contributed by atoms with Crippen LogP contribution in [0.15, 0.2) is 46.0 Å². The van der Waals surface area contributed by atoms with Gasteiger partial charge in [0.15, 0.2) is 11.5 Å². The van der Waals surface area contributed by atoms with Crippen LogP contribution < -0.4 is 14.8 Å². The van der Waals surface area contributed by atoms with E-state index in [0.29, 0.717) is 29.4 Å². The number of carbonyl (C=O) groups is 1. The number of benzene rings is 1. The maximum atomic E-state index is 12.4. The molecule has 0 radical (unpaired) electrons. The Morgan fingerprint density at radius 2 is 2.12 bits per heavy atom. The average Bonchev–Trinajstić information content (AvgIpc) is 3.30. The summed E-state index contributed by atoms with van der Waals surface area (Å²) >= 11 is 0. The van der Waals surface area contributed by atoms with Gasteiger partial charge in [0.05, 0.1) is 12.9 Å². The molecule has 0 spiro atoms. The average molecular weight is 346 g/mol. The minimum Gasteiger partial charge on any atom is -0.467 e. The molecule has 1 aliphatic rings. The van der Waals surface area contributed by atoms with Crippen molar-refractivity contribution in [2.75, 3.05) is 27.1 Å². The van der Waals surface area contributed by atoms with Crippen molar-refractivity contribution in [1.29, 1.82) is 0 Å². The van der Waals surface area contributed by atoms with E-state index in [1.165, 1.54) is 0 Å². The Kier molecular flexibility index (Phi) is 5.53. The van der Waals surface area contributed by atoms with Crippen LogP contribution in [0.4, 0.5) is 0 Å². The minimum atomic E-state index is -0.367. The summed E-state index contributed by atoms with van der Waals surface area (Å²) in [6, 6.07) is 8.58. The molecule has 1 aromatic carbocycles. The SMILES string of the molecule is COCCOC(=NCc1ccco1)NC(=O)c1ccc2c(c1)OCO2. The Labute approximate surface area is 144 Å². The molecule has 0 atom stereocenters. The standard InChI is InChI=1S/C17H18N2O6/c1-21-7-8-23-17(18-10-13-3-2-6-22-13)19-16(20)12-4-5-14-15(9-12)25-11-24-14/h2-6,9H,7-8,10-11H2,1H3,(H,18,19,20). The van der Waals surface area contributed by atoms with Crippen LogP contribution in [0.25, 0.3) is 0 Å². The number of hydrogen-bond acceptors (Lipinski definition) is 7. The van der Waals surface area contributed by atoms with E-state index in [1.807, 2.05) is 0 Å². The van der Waals surface area contributed by atoms with E-state index in [2.05, 4.69) is 10.3 Å². The van der Waals surface area contributed by atoms with Crippen LogP contribution in [0, 0.1) is 0 Å². The molecule has 0 aliphatic carbocycles. The predicted octanol–water partition coefficient (Wildman–Crippen LogP) is 1.96. The van der Waals surface area contributed by atoms with E-state index in [-0.39, 0.29) is 31.9 Å². The van der Waals surface area contributed by atoms with Gasteiger partial charge >= 0.3 is 0 Å². The van der Waals surface area contributed by atoms with Crippen LogP contribution in [-0.2, 0) is 16.0 Å². The Balaban J connectivity index is 1.67. The zero-order valence-electron chi connectivity index (χ0n) is 13.7. The van der Waals surface area contributed by atoms with Gasteiger partial charge in [-0.3, -0.25) is 10.1 Å². The predicted molar refractivity (Wildman–Crippen MR) is 87.7 cm³/mol. The van der Waals surface area contributed by atoms with Gasteiger partial charge in [-0.25, -0.2) is 4.99 Å². The first-order valence-corrected chi connectivity index (χ1v) is 7.66. The fraction of sp³-hybridized carbons (Fsp3) is 0.294. The fourth-order valence-corrected chi connectivity index (χ4v) is 2.10. The van der Waals surface area contributed by atoms with Crippen molar-refractivity contribution in [1.82, 2.24) is 5.32 Å². The Hall–Kier alpha value is -3.00. The molecular weight excluding hydrogens is 328 g/mol. The summed E-state index contributed by atoms with van der Waals surface area (Å²) in [7, 11) is 1.56. The largest absolute Gasteiger partial charge is 0.467 e.